The van der Waals surface area contributed by atoms with Crippen molar-refractivity contribution in [1.29, 1.82) is 0 Å². The maximum atomic E-state index is 12.6. The molecule has 0 saturated carbocycles. The van der Waals surface area contributed by atoms with E-state index in [1.54, 1.807) is 38.1 Å². The third-order valence-electron chi connectivity index (χ3n) is 5.00. The molecule has 8 nitrogen and oxygen atoms in total. The molecule has 3 rings (SSSR count). The van der Waals surface area contributed by atoms with Crippen LogP contribution in [0.4, 0.5) is 5.69 Å². The molecule has 0 spiro atoms. The second kappa shape index (κ2) is 8.93. The molecule has 2 aromatic carbocycles. The Morgan fingerprint density at radius 3 is 2.47 bits per heavy atom. The van der Waals surface area contributed by atoms with Crippen LogP contribution in [0.1, 0.15) is 28.6 Å². The van der Waals surface area contributed by atoms with Crippen LogP contribution in [-0.2, 0) is 19.6 Å². The van der Waals surface area contributed by atoms with E-state index in [2.05, 4.69) is 5.32 Å². The highest BCUT2D eigenvalue weighted by Gasteiger charge is 2.26. The van der Waals surface area contributed by atoms with E-state index in [9.17, 15) is 18.0 Å². The number of anilines is 1. The van der Waals surface area contributed by atoms with Crippen molar-refractivity contribution in [2.75, 3.05) is 19.4 Å². The first-order valence-corrected chi connectivity index (χ1v) is 11.5. The van der Waals surface area contributed by atoms with E-state index in [1.807, 2.05) is 0 Å². The summed E-state index contributed by atoms with van der Waals surface area (Å²) in [4.78, 5) is 25.3. The number of para-hydroxylation sites is 1. The van der Waals surface area contributed by atoms with Gasteiger partial charge in [0.1, 0.15) is 0 Å². The molecule has 1 heterocycles. The summed E-state index contributed by atoms with van der Waals surface area (Å²) >= 11 is 6.12. The second-order valence-electron chi connectivity index (χ2n) is 7.47. The van der Waals surface area contributed by atoms with Crippen molar-refractivity contribution >= 4 is 50.2 Å². The molecule has 1 amide bonds. The molecule has 1 atom stereocenters. The largest absolute Gasteiger partial charge is 0.447 e. The van der Waals surface area contributed by atoms with Crippen molar-refractivity contribution in [2.24, 2.45) is 0 Å². The van der Waals surface area contributed by atoms with Crippen molar-refractivity contribution < 1.29 is 27.2 Å². The number of sulfonamides is 1. The van der Waals surface area contributed by atoms with E-state index < -0.39 is 28.0 Å². The van der Waals surface area contributed by atoms with Gasteiger partial charge in [0.05, 0.1) is 9.92 Å². The van der Waals surface area contributed by atoms with Crippen LogP contribution in [0, 0.1) is 13.8 Å². The minimum absolute atomic E-state index is 0.0304. The fraction of sp³-hybridized carbons (Fsp3) is 0.273. The zero-order chi connectivity index (χ0) is 23.8. The van der Waals surface area contributed by atoms with Crippen LogP contribution in [0.15, 0.2) is 45.7 Å². The lowest BCUT2D eigenvalue weighted by atomic mass is 10.1. The van der Waals surface area contributed by atoms with Crippen LogP contribution in [0.25, 0.3) is 11.0 Å². The Balaban J connectivity index is 1.78. The number of halogens is 1. The number of nitrogens with one attached hydrogen (secondary N) is 1. The Bertz CT molecular complexity index is 1310. The lowest BCUT2D eigenvalue weighted by molar-refractivity contribution is -0.123. The van der Waals surface area contributed by atoms with E-state index in [-0.39, 0.29) is 10.7 Å². The van der Waals surface area contributed by atoms with Gasteiger partial charge in [-0.3, -0.25) is 4.79 Å². The second-order valence-corrected chi connectivity index (χ2v) is 10.0. The van der Waals surface area contributed by atoms with Gasteiger partial charge in [0.2, 0.25) is 15.8 Å². The Morgan fingerprint density at radius 2 is 1.84 bits per heavy atom. The van der Waals surface area contributed by atoms with Gasteiger partial charge in [-0.2, -0.15) is 0 Å². The number of carbonyl (C=O) groups is 2. The fourth-order valence-electron chi connectivity index (χ4n) is 3.01. The third kappa shape index (κ3) is 4.50. The first-order valence-electron chi connectivity index (χ1n) is 9.66. The molecule has 0 saturated heterocycles. The van der Waals surface area contributed by atoms with Gasteiger partial charge in [0, 0.05) is 30.7 Å². The number of furan rings is 1. The summed E-state index contributed by atoms with van der Waals surface area (Å²) in [5.41, 5.74) is 1.87. The fourth-order valence-corrected chi connectivity index (χ4v) is 4.15. The highest BCUT2D eigenvalue weighted by Crippen LogP contribution is 2.31. The quantitative estimate of drug-likeness (QED) is 0.534. The average Bonchev–Trinajstić information content (AvgIpc) is 3.07. The highest BCUT2D eigenvalue weighted by molar-refractivity contribution is 7.89. The summed E-state index contributed by atoms with van der Waals surface area (Å²) in [6.45, 7) is 4.83. The molecular formula is C22H23ClN2O6S. The van der Waals surface area contributed by atoms with E-state index in [0.717, 1.165) is 4.31 Å². The highest BCUT2D eigenvalue weighted by atomic mass is 35.5. The number of amides is 1. The molecule has 1 unspecified atom stereocenters. The Hall–Kier alpha value is -2.88. The van der Waals surface area contributed by atoms with E-state index >= 15 is 0 Å². The molecule has 0 fully saturated rings. The van der Waals surface area contributed by atoms with Gasteiger partial charge < -0.3 is 14.5 Å². The number of hydrogen-bond donors (Lipinski definition) is 1. The number of rotatable bonds is 6. The lowest BCUT2D eigenvalue weighted by Crippen LogP contribution is -2.30. The standard InChI is InChI=1S/C22H23ClN2O6S/c1-12-9-10-15(32(28,29)25(4)5)11-18(12)24-21(26)14(3)30-22(27)19-13(2)16-7-6-8-17(23)20(16)31-19/h6-11,14H,1-5H3,(H,24,26). The monoisotopic (exact) mass is 478 g/mol. The molecule has 3 aromatic rings. The van der Waals surface area contributed by atoms with Gasteiger partial charge in [0.25, 0.3) is 5.91 Å². The number of nitrogens with zero attached hydrogens (tertiary/aromatic N) is 1. The number of benzene rings is 2. The minimum Gasteiger partial charge on any atom is -0.447 e. The number of hydrogen-bond acceptors (Lipinski definition) is 6. The summed E-state index contributed by atoms with van der Waals surface area (Å²) < 4.78 is 36.7. The molecule has 32 heavy (non-hydrogen) atoms. The molecule has 1 N–H and O–H groups in total. The molecule has 10 heteroatoms. The Labute approximate surface area is 191 Å². The maximum Gasteiger partial charge on any atom is 0.375 e. The molecule has 0 aliphatic carbocycles. The number of carbonyl (C=O) groups excluding carboxylic acids is 2. The van der Waals surface area contributed by atoms with Crippen molar-refractivity contribution in [2.45, 2.75) is 31.8 Å². The summed E-state index contributed by atoms with van der Waals surface area (Å²) in [6, 6.07) is 9.56. The normalized spacial score (nSPS) is 12.7. The van der Waals surface area contributed by atoms with Crippen LogP contribution in [-0.4, -0.2) is 44.8 Å². The van der Waals surface area contributed by atoms with E-state index in [1.165, 1.54) is 33.2 Å². The first-order chi connectivity index (χ1) is 14.9. The topological polar surface area (TPSA) is 106 Å². The van der Waals surface area contributed by atoms with Crippen molar-refractivity contribution in [1.82, 2.24) is 4.31 Å². The molecule has 1 aromatic heterocycles. The van der Waals surface area contributed by atoms with Crippen molar-refractivity contribution in [3.8, 4) is 0 Å². The first kappa shape index (κ1) is 23.8. The van der Waals surface area contributed by atoms with Crippen LogP contribution in [0.5, 0.6) is 0 Å². The van der Waals surface area contributed by atoms with E-state index in [4.69, 9.17) is 20.8 Å². The molecule has 0 aliphatic heterocycles. The minimum atomic E-state index is -3.67. The maximum absolute atomic E-state index is 12.6. The molecular weight excluding hydrogens is 456 g/mol. The van der Waals surface area contributed by atoms with Crippen LogP contribution in [0.2, 0.25) is 5.02 Å². The molecule has 0 aliphatic rings. The van der Waals surface area contributed by atoms with E-state index in [0.29, 0.717) is 32.8 Å². The smallest absolute Gasteiger partial charge is 0.375 e. The summed E-state index contributed by atoms with van der Waals surface area (Å²) in [5.74, 6) is -1.46. The zero-order valence-corrected chi connectivity index (χ0v) is 19.8. The molecule has 0 radical (unpaired) electrons. The number of aryl methyl sites for hydroxylation is 2. The SMILES string of the molecule is Cc1ccc(S(=O)(=O)N(C)C)cc1NC(=O)C(C)OC(=O)c1oc2c(Cl)cccc2c1C. The summed E-state index contributed by atoms with van der Waals surface area (Å²) in [5, 5.41) is 3.65. The van der Waals surface area contributed by atoms with Gasteiger partial charge in [-0.1, -0.05) is 29.8 Å². The summed E-state index contributed by atoms with van der Waals surface area (Å²) in [7, 11) is -0.837. The van der Waals surface area contributed by atoms with Crippen LogP contribution in [0.3, 0.4) is 0 Å². The average molecular weight is 479 g/mol. The lowest BCUT2D eigenvalue weighted by Gasteiger charge is -2.16. The van der Waals surface area contributed by atoms with Crippen LogP contribution >= 0.6 is 11.6 Å². The van der Waals surface area contributed by atoms with Gasteiger partial charge in [-0.25, -0.2) is 17.5 Å². The van der Waals surface area contributed by atoms with Gasteiger partial charge >= 0.3 is 5.97 Å². The Morgan fingerprint density at radius 1 is 1.16 bits per heavy atom. The van der Waals surface area contributed by atoms with Gasteiger partial charge in [-0.05, 0) is 44.5 Å². The molecule has 170 valence electrons. The van der Waals surface area contributed by atoms with Crippen molar-refractivity contribution in [3.63, 3.8) is 0 Å². The number of ether oxygens (including phenoxy) is 1. The molecule has 0 bridgehead atoms. The number of esters is 1. The zero-order valence-electron chi connectivity index (χ0n) is 18.2. The third-order valence-corrected chi connectivity index (χ3v) is 7.11. The Kier molecular flexibility index (Phi) is 6.64. The predicted octanol–water partition coefficient (Wildman–Crippen LogP) is 4.14. The van der Waals surface area contributed by atoms with Crippen molar-refractivity contribution in [3.05, 3.63) is 58.3 Å². The summed E-state index contributed by atoms with van der Waals surface area (Å²) in [6.07, 6.45) is -1.17. The van der Waals surface area contributed by atoms with Gasteiger partial charge in [-0.15, -0.1) is 0 Å². The van der Waals surface area contributed by atoms with Gasteiger partial charge in [0.15, 0.2) is 11.7 Å². The number of fused-ring (bicyclic) bond motifs is 1. The van der Waals surface area contributed by atoms with Crippen LogP contribution < -0.4 is 5.32 Å². The predicted molar refractivity (Wildman–Crippen MR) is 122 cm³/mol.